The van der Waals surface area contributed by atoms with Gasteiger partial charge in [-0.1, -0.05) is 36.8 Å². The molecular formula is C18H26N4O. The van der Waals surface area contributed by atoms with Gasteiger partial charge in [0.25, 0.3) is 0 Å². The minimum absolute atomic E-state index is 0.00356. The molecule has 0 saturated heterocycles. The number of benzene rings is 1. The lowest BCUT2D eigenvalue weighted by atomic mass is 10.0. The van der Waals surface area contributed by atoms with Gasteiger partial charge in [0.05, 0.1) is 6.20 Å². The Bertz CT molecular complexity index is 648. The lowest BCUT2D eigenvalue weighted by molar-refractivity contribution is -0.125. The summed E-state index contributed by atoms with van der Waals surface area (Å²) in [5.41, 5.74) is 3.19. The number of hydrogen-bond donors (Lipinski definition) is 1. The second kappa shape index (κ2) is 7.92. The molecule has 0 saturated carbocycles. The quantitative estimate of drug-likeness (QED) is 0.854. The topological polar surface area (TPSA) is 50.2 Å². The minimum atomic E-state index is -0.291. The van der Waals surface area contributed by atoms with E-state index in [1.165, 1.54) is 0 Å². The number of likely N-dealkylation sites (N-methyl/N-ethyl adjacent to an activating group) is 1. The van der Waals surface area contributed by atoms with Crippen LogP contribution in [0.1, 0.15) is 36.1 Å². The molecule has 0 spiro atoms. The van der Waals surface area contributed by atoms with Crippen molar-refractivity contribution in [3.63, 3.8) is 0 Å². The van der Waals surface area contributed by atoms with Crippen molar-refractivity contribution in [1.29, 1.82) is 0 Å². The van der Waals surface area contributed by atoms with Crippen molar-refractivity contribution in [3.8, 4) is 0 Å². The lowest BCUT2D eigenvalue weighted by Crippen LogP contribution is -2.36. The van der Waals surface area contributed by atoms with Crippen LogP contribution >= 0.6 is 0 Å². The van der Waals surface area contributed by atoms with E-state index in [0.717, 1.165) is 29.7 Å². The van der Waals surface area contributed by atoms with Gasteiger partial charge in [-0.25, -0.2) is 0 Å². The third-order valence-corrected chi connectivity index (χ3v) is 3.73. The molecule has 124 valence electrons. The highest BCUT2D eigenvalue weighted by Crippen LogP contribution is 2.19. The number of carbonyl (C=O) groups excluding carboxylic acids is 1. The highest BCUT2D eigenvalue weighted by Gasteiger charge is 2.22. The average Bonchev–Trinajstić information content (AvgIpc) is 2.93. The van der Waals surface area contributed by atoms with Crippen LogP contribution in [0.2, 0.25) is 0 Å². The average molecular weight is 314 g/mol. The molecule has 1 N–H and O–H groups in total. The van der Waals surface area contributed by atoms with Crippen molar-refractivity contribution >= 4 is 5.91 Å². The predicted octanol–water partition coefficient (Wildman–Crippen LogP) is 2.52. The van der Waals surface area contributed by atoms with Crippen LogP contribution in [-0.2, 0) is 17.9 Å². The van der Waals surface area contributed by atoms with Crippen LogP contribution in [0.5, 0.6) is 0 Å². The fraction of sp³-hybridized carbons (Fsp3) is 0.444. The molecule has 0 aliphatic rings. The summed E-state index contributed by atoms with van der Waals surface area (Å²) in [5.74, 6) is 0.00356. The number of nitrogens with zero attached hydrogens (tertiary/aromatic N) is 3. The van der Waals surface area contributed by atoms with Gasteiger partial charge in [0, 0.05) is 24.8 Å². The van der Waals surface area contributed by atoms with E-state index < -0.39 is 0 Å². The van der Waals surface area contributed by atoms with Crippen molar-refractivity contribution in [2.75, 3.05) is 14.1 Å². The molecule has 1 amide bonds. The normalized spacial score (nSPS) is 12.4. The smallest absolute Gasteiger partial charge is 0.242 e. The van der Waals surface area contributed by atoms with E-state index in [1.807, 2.05) is 61.2 Å². The first-order chi connectivity index (χ1) is 11.0. The van der Waals surface area contributed by atoms with Gasteiger partial charge in [-0.05, 0) is 33.0 Å². The summed E-state index contributed by atoms with van der Waals surface area (Å²) in [6, 6.07) is 7.79. The van der Waals surface area contributed by atoms with E-state index in [4.69, 9.17) is 0 Å². The van der Waals surface area contributed by atoms with Crippen LogP contribution in [0.3, 0.4) is 0 Å². The standard InChI is InChI=1S/C18H26N4O/c1-5-9-22-13-15(12-20-22)11-19-18(23)17(21(3)4)16-8-6-7-14(2)10-16/h6-8,10,12-13,17H,5,9,11H2,1-4H3,(H,19,23)/t17-/m0/s1. The molecule has 2 rings (SSSR count). The molecule has 0 bridgehead atoms. The maximum Gasteiger partial charge on any atom is 0.242 e. The summed E-state index contributed by atoms with van der Waals surface area (Å²) < 4.78 is 1.91. The molecular weight excluding hydrogens is 288 g/mol. The van der Waals surface area contributed by atoms with Crippen molar-refractivity contribution in [2.24, 2.45) is 0 Å². The van der Waals surface area contributed by atoms with E-state index in [2.05, 4.69) is 23.4 Å². The van der Waals surface area contributed by atoms with E-state index in [0.29, 0.717) is 6.54 Å². The number of aromatic nitrogens is 2. The minimum Gasteiger partial charge on any atom is -0.350 e. The van der Waals surface area contributed by atoms with Gasteiger partial charge in [-0.2, -0.15) is 5.10 Å². The van der Waals surface area contributed by atoms with Gasteiger partial charge in [0.1, 0.15) is 6.04 Å². The summed E-state index contributed by atoms with van der Waals surface area (Å²) >= 11 is 0. The Morgan fingerprint density at radius 1 is 1.39 bits per heavy atom. The van der Waals surface area contributed by atoms with E-state index in [-0.39, 0.29) is 11.9 Å². The van der Waals surface area contributed by atoms with Crippen LogP contribution in [0.4, 0.5) is 0 Å². The van der Waals surface area contributed by atoms with Crippen molar-refractivity contribution in [1.82, 2.24) is 20.0 Å². The number of nitrogens with one attached hydrogen (secondary N) is 1. The number of hydrogen-bond acceptors (Lipinski definition) is 3. The zero-order chi connectivity index (χ0) is 16.8. The highest BCUT2D eigenvalue weighted by atomic mass is 16.2. The second-order valence-electron chi connectivity index (χ2n) is 6.11. The Hall–Kier alpha value is -2.14. The summed E-state index contributed by atoms with van der Waals surface area (Å²) in [4.78, 5) is 14.6. The molecule has 5 nitrogen and oxygen atoms in total. The van der Waals surface area contributed by atoms with Crippen LogP contribution in [0, 0.1) is 6.92 Å². The number of aryl methyl sites for hydroxylation is 2. The molecule has 0 unspecified atom stereocenters. The first-order valence-corrected chi connectivity index (χ1v) is 8.03. The predicted molar refractivity (Wildman–Crippen MR) is 92.0 cm³/mol. The molecule has 1 heterocycles. The van der Waals surface area contributed by atoms with E-state index in [1.54, 1.807) is 0 Å². The van der Waals surface area contributed by atoms with Crippen LogP contribution in [-0.4, -0.2) is 34.7 Å². The monoisotopic (exact) mass is 314 g/mol. The Labute approximate surface area is 138 Å². The number of rotatable bonds is 7. The molecule has 1 aromatic carbocycles. The van der Waals surface area contributed by atoms with E-state index in [9.17, 15) is 4.79 Å². The summed E-state index contributed by atoms with van der Waals surface area (Å²) in [5, 5.41) is 7.31. The highest BCUT2D eigenvalue weighted by molar-refractivity contribution is 5.83. The molecule has 23 heavy (non-hydrogen) atoms. The molecule has 0 aliphatic carbocycles. The molecule has 0 radical (unpaired) electrons. The fourth-order valence-electron chi connectivity index (χ4n) is 2.66. The summed E-state index contributed by atoms with van der Waals surface area (Å²) in [6.07, 6.45) is 4.85. The second-order valence-corrected chi connectivity index (χ2v) is 6.11. The third-order valence-electron chi connectivity index (χ3n) is 3.73. The zero-order valence-electron chi connectivity index (χ0n) is 14.4. The third kappa shape index (κ3) is 4.66. The molecule has 0 fully saturated rings. The fourth-order valence-corrected chi connectivity index (χ4v) is 2.66. The Morgan fingerprint density at radius 3 is 2.83 bits per heavy atom. The van der Waals surface area contributed by atoms with Gasteiger partial charge >= 0.3 is 0 Å². The van der Waals surface area contributed by atoms with Crippen molar-refractivity contribution in [2.45, 2.75) is 39.4 Å². The van der Waals surface area contributed by atoms with Crippen LogP contribution < -0.4 is 5.32 Å². The largest absolute Gasteiger partial charge is 0.350 e. The Kier molecular flexibility index (Phi) is 5.93. The first-order valence-electron chi connectivity index (χ1n) is 8.03. The van der Waals surface area contributed by atoms with E-state index >= 15 is 0 Å². The molecule has 1 aromatic heterocycles. The molecule has 2 aromatic rings. The van der Waals surface area contributed by atoms with Crippen LogP contribution in [0.25, 0.3) is 0 Å². The van der Waals surface area contributed by atoms with Gasteiger partial charge in [-0.15, -0.1) is 0 Å². The van der Waals surface area contributed by atoms with Crippen molar-refractivity contribution in [3.05, 3.63) is 53.3 Å². The SMILES string of the molecule is CCCn1cc(CNC(=O)[C@H](c2cccc(C)c2)N(C)C)cn1. The zero-order valence-corrected chi connectivity index (χ0v) is 14.4. The van der Waals surface area contributed by atoms with Gasteiger partial charge in [0.15, 0.2) is 0 Å². The molecule has 0 aliphatic heterocycles. The summed E-state index contributed by atoms with van der Waals surface area (Å²) in [6.45, 7) is 5.55. The van der Waals surface area contributed by atoms with Gasteiger partial charge < -0.3 is 5.32 Å². The van der Waals surface area contributed by atoms with Gasteiger partial charge in [0.2, 0.25) is 5.91 Å². The summed E-state index contributed by atoms with van der Waals surface area (Å²) in [7, 11) is 3.84. The van der Waals surface area contributed by atoms with Gasteiger partial charge in [-0.3, -0.25) is 14.4 Å². The maximum atomic E-state index is 12.6. The number of carbonyl (C=O) groups is 1. The first kappa shape index (κ1) is 17.2. The molecule has 5 heteroatoms. The van der Waals surface area contributed by atoms with Crippen LogP contribution in [0.15, 0.2) is 36.7 Å². The van der Waals surface area contributed by atoms with Crippen molar-refractivity contribution < 1.29 is 4.79 Å². The maximum absolute atomic E-state index is 12.6. The molecule has 1 atom stereocenters. The lowest BCUT2D eigenvalue weighted by Gasteiger charge is -2.24. The number of amides is 1. The Morgan fingerprint density at radius 2 is 2.17 bits per heavy atom. The Balaban J connectivity index is 2.03.